The van der Waals surface area contributed by atoms with Gasteiger partial charge in [-0.1, -0.05) is 15.9 Å². The Morgan fingerprint density at radius 2 is 2.11 bits per heavy atom. The number of nitrogens with one attached hydrogen (secondary N) is 1. The fourth-order valence-electron chi connectivity index (χ4n) is 1.94. The Morgan fingerprint density at radius 1 is 1.44 bits per heavy atom. The summed E-state index contributed by atoms with van der Waals surface area (Å²) in [6, 6.07) is 7.77. The third-order valence-corrected chi connectivity index (χ3v) is 3.33. The lowest BCUT2D eigenvalue weighted by atomic mass is 10.3. The second kappa shape index (κ2) is 7.09. The molecule has 4 nitrogen and oxygen atoms in total. The van der Waals surface area contributed by atoms with Gasteiger partial charge >= 0.3 is 0 Å². The zero-order chi connectivity index (χ0) is 12.3. The van der Waals surface area contributed by atoms with Crippen LogP contribution in [0.5, 0.6) is 0 Å². The molecule has 1 saturated heterocycles. The first-order valence-electron chi connectivity index (χ1n) is 5.67. The molecule has 3 N–H and O–H groups in total. The van der Waals surface area contributed by atoms with Gasteiger partial charge in [0, 0.05) is 29.3 Å². The molecular formula is C12H17BrClN3O. The highest BCUT2D eigenvalue weighted by Crippen LogP contribution is 2.14. The SMILES string of the molecule is Cl.N[C@@H]1CCN(CC(=O)Nc2ccc(Br)cc2)C1. The summed E-state index contributed by atoms with van der Waals surface area (Å²) in [4.78, 5) is 13.8. The number of benzene rings is 1. The van der Waals surface area contributed by atoms with Gasteiger partial charge in [-0.15, -0.1) is 12.4 Å². The molecule has 18 heavy (non-hydrogen) atoms. The van der Waals surface area contributed by atoms with E-state index < -0.39 is 0 Å². The van der Waals surface area contributed by atoms with Gasteiger partial charge in [-0.05, 0) is 30.7 Å². The Labute approximate surface area is 121 Å². The maximum Gasteiger partial charge on any atom is 0.238 e. The van der Waals surface area contributed by atoms with Gasteiger partial charge in [0.05, 0.1) is 6.54 Å². The summed E-state index contributed by atoms with van der Waals surface area (Å²) in [5.74, 6) is 0.0152. The van der Waals surface area contributed by atoms with Crippen LogP contribution in [0.4, 0.5) is 5.69 Å². The van der Waals surface area contributed by atoms with Gasteiger partial charge in [0.15, 0.2) is 0 Å². The van der Waals surface area contributed by atoms with E-state index in [1.807, 2.05) is 24.3 Å². The van der Waals surface area contributed by atoms with Gasteiger partial charge < -0.3 is 11.1 Å². The first-order chi connectivity index (χ1) is 8.13. The van der Waals surface area contributed by atoms with E-state index in [2.05, 4.69) is 26.1 Å². The molecule has 1 heterocycles. The molecule has 1 aromatic rings. The number of nitrogens with zero attached hydrogens (tertiary/aromatic N) is 1. The van der Waals surface area contributed by atoms with Gasteiger partial charge in [-0.2, -0.15) is 0 Å². The minimum Gasteiger partial charge on any atom is -0.326 e. The number of rotatable bonds is 3. The van der Waals surface area contributed by atoms with Crippen molar-refractivity contribution in [2.45, 2.75) is 12.5 Å². The number of hydrogen-bond donors (Lipinski definition) is 2. The van der Waals surface area contributed by atoms with Crippen LogP contribution in [0.1, 0.15) is 6.42 Å². The number of carbonyl (C=O) groups excluding carboxylic acids is 1. The number of halogens is 2. The van der Waals surface area contributed by atoms with Gasteiger partial charge in [0.25, 0.3) is 0 Å². The molecule has 1 fully saturated rings. The summed E-state index contributed by atoms with van der Waals surface area (Å²) >= 11 is 3.35. The molecule has 0 bridgehead atoms. The van der Waals surface area contributed by atoms with Crippen LogP contribution in [-0.4, -0.2) is 36.5 Å². The van der Waals surface area contributed by atoms with Gasteiger partial charge in [0.1, 0.15) is 0 Å². The standard InChI is InChI=1S/C12H16BrN3O.ClH/c13-9-1-3-11(4-2-9)15-12(17)8-16-6-5-10(14)7-16;/h1-4,10H,5-8,14H2,(H,15,17);1H/t10-;/m1./s1. The average molecular weight is 335 g/mol. The Bertz CT molecular complexity index is 399. The van der Waals surface area contributed by atoms with E-state index in [4.69, 9.17) is 5.73 Å². The van der Waals surface area contributed by atoms with Gasteiger partial charge in [-0.25, -0.2) is 0 Å². The van der Waals surface area contributed by atoms with E-state index in [1.165, 1.54) is 0 Å². The molecule has 0 unspecified atom stereocenters. The number of likely N-dealkylation sites (tertiary alicyclic amines) is 1. The first-order valence-corrected chi connectivity index (χ1v) is 6.46. The second-order valence-electron chi connectivity index (χ2n) is 4.34. The van der Waals surface area contributed by atoms with E-state index in [9.17, 15) is 4.79 Å². The van der Waals surface area contributed by atoms with Crippen molar-refractivity contribution in [3.63, 3.8) is 0 Å². The van der Waals surface area contributed by atoms with Crippen molar-refractivity contribution in [1.29, 1.82) is 0 Å². The lowest BCUT2D eigenvalue weighted by Crippen LogP contribution is -2.33. The highest BCUT2D eigenvalue weighted by molar-refractivity contribution is 9.10. The summed E-state index contributed by atoms with van der Waals surface area (Å²) < 4.78 is 1.00. The summed E-state index contributed by atoms with van der Waals surface area (Å²) in [6.07, 6.45) is 0.978. The van der Waals surface area contributed by atoms with Crippen molar-refractivity contribution in [3.05, 3.63) is 28.7 Å². The fourth-order valence-corrected chi connectivity index (χ4v) is 2.21. The third kappa shape index (κ3) is 4.57. The molecule has 6 heteroatoms. The maximum absolute atomic E-state index is 11.8. The smallest absolute Gasteiger partial charge is 0.238 e. The normalized spacial score (nSPS) is 19.3. The van der Waals surface area contributed by atoms with Crippen LogP contribution in [0.15, 0.2) is 28.7 Å². The predicted molar refractivity (Wildman–Crippen MR) is 79.1 cm³/mol. The quantitative estimate of drug-likeness (QED) is 0.887. The van der Waals surface area contributed by atoms with Gasteiger partial charge in [0.2, 0.25) is 5.91 Å². The van der Waals surface area contributed by atoms with Crippen LogP contribution in [-0.2, 0) is 4.79 Å². The zero-order valence-electron chi connectivity index (χ0n) is 9.93. The number of nitrogens with two attached hydrogens (primary N) is 1. The number of carbonyl (C=O) groups is 1. The molecule has 1 aliphatic rings. The Balaban J connectivity index is 0.00000162. The molecule has 0 spiro atoms. The predicted octanol–water partition coefficient (Wildman–Crippen LogP) is 1.84. The fraction of sp³-hybridized carbons (Fsp3) is 0.417. The summed E-state index contributed by atoms with van der Waals surface area (Å²) in [6.45, 7) is 2.15. The molecule has 0 aliphatic carbocycles. The molecule has 0 radical (unpaired) electrons. The van der Waals surface area contributed by atoms with Crippen molar-refractivity contribution >= 4 is 39.9 Å². The zero-order valence-corrected chi connectivity index (χ0v) is 12.3. The van der Waals surface area contributed by atoms with Crippen LogP contribution in [0, 0.1) is 0 Å². The molecule has 100 valence electrons. The monoisotopic (exact) mass is 333 g/mol. The van der Waals surface area contributed by atoms with Crippen molar-refractivity contribution in [1.82, 2.24) is 4.90 Å². The van der Waals surface area contributed by atoms with Crippen molar-refractivity contribution in [3.8, 4) is 0 Å². The maximum atomic E-state index is 11.8. The minimum absolute atomic E-state index is 0. The summed E-state index contributed by atoms with van der Waals surface area (Å²) in [7, 11) is 0. The molecule has 1 aliphatic heterocycles. The lowest BCUT2D eigenvalue weighted by molar-refractivity contribution is -0.117. The summed E-state index contributed by atoms with van der Waals surface area (Å²) in [5.41, 5.74) is 6.61. The Morgan fingerprint density at radius 3 is 2.67 bits per heavy atom. The van der Waals surface area contributed by atoms with Crippen molar-refractivity contribution in [2.75, 3.05) is 25.0 Å². The van der Waals surface area contributed by atoms with Crippen LogP contribution in [0.25, 0.3) is 0 Å². The molecule has 1 amide bonds. The van der Waals surface area contributed by atoms with Crippen LogP contribution in [0.2, 0.25) is 0 Å². The highest BCUT2D eigenvalue weighted by Gasteiger charge is 2.20. The Hall–Kier alpha value is -0.620. The average Bonchev–Trinajstić information content (AvgIpc) is 2.67. The lowest BCUT2D eigenvalue weighted by Gasteiger charge is -2.14. The summed E-state index contributed by atoms with van der Waals surface area (Å²) in [5, 5.41) is 2.87. The third-order valence-electron chi connectivity index (χ3n) is 2.80. The molecule has 1 aromatic carbocycles. The van der Waals surface area contributed by atoms with Crippen LogP contribution in [0.3, 0.4) is 0 Å². The van der Waals surface area contributed by atoms with Gasteiger partial charge in [-0.3, -0.25) is 9.69 Å². The molecule has 0 saturated carbocycles. The van der Waals surface area contributed by atoms with Crippen molar-refractivity contribution < 1.29 is 4.79 Å². The van der Waals surface area contributed by atoms with Crippen LogP contribution < -0.4 is 11.1 Å². The van der Waals surface area contributed by atoms with E-state index >= 15 is 0 Å². The molecule has 2 rings (SSSR count). The molecule has 0 aromatic heterocycles. The van der Waals surface area contributed by atoms with E-state index in [-0.39, 0.29) is 24.4 Å². The number of anilines is 1. The second-order valence-corrected chi connectivity index (χ2v) is 5.25. The first kappa shape index (κ1) is 15.4. The minimum atomic E-state index is 0. The largest absolute Gasteiger partial charge is 0.326 e. The molecule has 1 atom stereocenters. The number of amides is 1. The van der Waals surface area contributed by atoms with Crippen molar-refractivity contribution in [2.24, 2.45) is 5.73 Å². The van der Waals surface area contributed by atoms with E-state index in [1.54, 1.807) is 0 Å². The molecular weight excluding hydrogens is 318 g/mol. The van der Waals surface area contributed by atoms with E-state index in [0.717, 1.165) is 29.7 Å². The number of hydrogen-bond acceptors (Lipinski definition) is 3. The highest BCUT2D eigenvalue weighted by atomic mass is 79.9. The Kier molecular flexibility index (Phi) is 6.08. The topological polar surface area (TPSA) is 58.4 Å². The van der Waals surface area contributed by atoms with E-state index in [0.29, 0.717) is 6.54 Å². The van der Waals surface area contributed by atoms with Crippen LogP contribution >= 0.6 is 28.3 Å².